The summed E-state index contributed by atoms with van der Waals surface area (Å²) in [6.45, 7) is 5.28. The molecule has 10 nitrogen and oxygen atoms in total. The smallest absolute Gasteiger partial charge is 0.322 e. The minimum atomic E-state index is -4.06. The maximum Gasteiger partial charge on any atom is 0.322 e. The Hall–Kier alpha value is -3.87. The van der Waals surface area contributed by atoms with Crippen LogP contribution < -0.4 is 15.4 Å². The summed E-state index contributed by atoms with van der Waals surface area (Å²) in [4.78, 5) is 12.1. The first kappa shape index (κ1) is 28.7. The van der Waals surface area contributed by atoms with Crippen LogP contribution in [0.25, 0.3) is 11.1 Å². The van der Waals surface area contributed by atoms with Gasteiger partial charge in [0.15, 0.2) is 11.7 Å². The number of aryl methyl sites for hydroxylation is 3. The van der Waals surface area contributed by atoms with Crippen molar-refractivity contribution in [3.05, 3.63) is 82.9 Å². The molecule has 1 saturated carbocycles. The Balaban J connectivity index is 1.29. The van der Waals surface area contributed by atoms with Crippen molar-refractivity contribution in [2.45, 2.75) is 57.0 Å². The molecule has 1 fully saturated rings. The van der Waals surface area contributed by atoms with Gasteiger partial charge >= 0.3 is 5.97 Å². The Morgan fingerprint density at radius 2 is 1.63 bits per heavy atom. The minimum absolute atomic E-state index is 0.0204. The molecule has 0 aromatic heterocycles. The van der Waals surface area contributed by atoms with E-state index < -0.39 is 33.2 Å². The normalized spacial score (nSPS) is 17.5. The fourth-order valence-electron chi connectivity index (χ4n) is 4.86. The summed E-state index contributed by atoms with van der Waals surface area (Å²) in [6.07, 6.45) is 2.08. The minimum Gasteiger partial charge on any atom is -0.480 e. The third-order valence-electron chi connectivity index (χ3n) is 6.80. The summed E-state index contributed by atoms with van der Waals surface area (Å²) >= 11 is -1.65. The van der Waals surface area contributed by atoms with Gasteiger partial charge in [0.05, 0.1) is 4.90 Å². The number of carboxylic acids is 1. The van der Waals surface area contributed by atoms with E-state index in [2.05, 4.69) is 24.2 Å². The summed E-state index contributed by atoms with van der Waals surface area (Å²) < 4.78 is 48.7. The summed E-state index contributed by atoms with van der Waals surface area (Å²) in [5, 5.41) is 16.3. The molecule has 0 bridgehead atoms. The zero-order chi connectivity index (χ0) is 29.3. The van der Waals surface area contributed by atoms with E-state index in [0.717, 1.165) is 35.2 Å². The highest BCUT2D eigenvalue weighted by Crippen LogP contribution is 2.26. The standard InChI is InChI=1S/C29H31N5O5S2/c1-17-13-18(2)26(19(3)14-17)41(38,39)34-25(29(35)36)15-20-7-9-21(10-8-20)22-5-4-6-24(16-22)31-28-27(30-23-11-12-23)32-40(37)33-28/h4-10,13-14,16,23,25,34H,11-12,15H2,1-3H3,(H,30,32)(H,31,33)(H,35,36)/t25-,40?/m0/s1. The van der Waals surface area contributed by atoms with Crippen LogP contribution in [0.2, 0.25) is 0 Å². The molecule has 3 aromatic rings. The molecule has 1 unspecified atom stereocenters. The SMILES string of the molecule is Cc1cc(C)c(S(=O)(=O)N[C@@H](Cc2ccc(-c3cccc(NC4=NS(=O)N=C4NC4CC4)c3)cc2)C(=O)O)c(C)c1. The summed E-state index contributed by atoms with van der Waals surface area (Å²) in [7, 11) is -4.06. The summed E-state index contributed by atoms with van der Waals surface area (Å²) in [5.41, 5.74) is 5.27. The first-order valence-electron chi connectivity index (χ1n) is 13.1. The van der Waals surface area contributed by atoms with Gasteiger partial charge in [0, 0.05) is 11.7 Å². The maximum absolute atomic E-state index is 13.2. The quantitative estimate of drug-likeness (QED) is 0.295. The molecule has 0 amide bonds. The van der Waals surface area contributed by atoms with Gasteiger partial charge in [0.1, 0.15) is 6.04 Å². The van der Waals surface area contributed by atoms with Crippen LogP contribution in [0, 0.1) is 20.8 Å². The Morgan fingerprint density at radius 1 is 0.976 bits per heavy atom. The number of sulfonamides is 1. The Kier molecular flexibility index (Phi) is 8.07. The molecule has 0 radical (unpaired) electrons. The number of benzene rings is 3. The van der Waals surface area contributed by atoms with Gasteiger partial charge in [0.2, 0.25) is 10.0 Å². The van der Waals surface area contributed by atoms with E-state index in [4.69, 9.17) is 0 Å². The lowest BCUT2D eigenvalue weighted by molar-refractivity contribution is -0.138. The predicted molar refractivity (Wildman–Crippen MR) is 161 cm³/mol. The van der Waals surface area contributed by atoms with Crippen molar-refractivity contribution in [3.8, 4) is 11.1 Å². The number of hydrogen-bond acceptors (Lipinski definition) is 6. The molecule has 3 aromatic carbocycles. The van der Waals surface area contributed by atoms with Gasteiger partial charge in [-0.15, -0.1) is 8.80 Å². The summed E-state index contributed by atoms with van der Waals surface area (Å²) in [5.74, 6) is -0.327. The van der Waals surface area contributed by atoms with Crippen molar-refractivity contribution in [3.63, 3.8) is 0 Å². The van der Waals surface area contributed by atoms with Gasteiger partial charge in [-0.2, -0.15) is 4.72 Å². The molecule has 0 spiro atoms. The van der Waals surface area contributed by atoms with E-state index in [-0.39, 0.29) is 11.3 Å². The highest BCUT2D eigenvalue weighted by Gasteiger charge is 2.29. The Labute approximate surface area is 241 Å². The second kappa shape index (κ2) is 11.6. The van der Waals surface area contributed by atoms with Crippen LogP contribution in [0.5, 0.6) is 0 Å². The van der Waals surface area contributed by atoms with Crippen LogP contribution in [0.4, 0.5) is 5.69 Å². The molecule has 0 saturated heterocycles. The van der Waals surface area contributed by atoms with E-state index in [9.17, 15) is 22.5 Å². The lowest BCUT2D eigenvalue weighted by Crippen LogP contribution is -2.42. The van der Waals surface area contributed by atoms with E-state index >= 15 is 0 Å². The van der Waals surface area contributed by atoms with Crippen LogP contribution in [0.3, 0.4) is 0 Å². The van der Waals surface area contributed by atoms with Crippen molar-refractivity contribution in [1.82, 2.24) is 10.0 Å². The van der Waals surface area contributed by atoms with Crippen LogP contribution in [0.1, 0.15) is 35.1 Å². The van der Waals surface area contributed by atoms with Gasteiger partial charge in [-0.25, -0.2) is 12.6 Å². The number of anilines is 1. The predicted octanol–water partition coefficient (Wildman–Crippen LogP) is 3.81. The molecule has 12 heteroatoms. The largest absolute Gasteiger partial charge is 0.480 e. The zero-order valence-electron chi connectivity index (χ0n) is 22.8. The van der Waals surface area contributed by atoms with Crippen molar-refractivity contribution >= 4 is 44.5 Å². The molecule has 2 atom stereocenters. The third kappa shape index (κ3) is 6.89. The first-order valence-corrected chi connectivity index (χ1v) is 15.7. The highest BCUT2D eigenvalue weighted by molar-refractivity contribution is 7.89. The number of rotatable bonds is 9. The lowest BCUT2D eigenvalue weighted by atomic mass is 10.0. The average molecular weight is 594 g/mol. The Bertz CT molecular complexity index is 1670. The number of nitrogens with zero attached hydrogens (tertiary/aromatic N) is 2. The van der Waals surface area contributed by atoms with Crippen LogP contribution >= 0.6 is 0 Å². The highest BCUT2D eigenvalue weighted by atomic mass is 32.2. The van der Waals surface area contributed by atoms with E-state index in [1.807, 2.05) is 43.3 Å². The number of carboxylic acid groups (broad SMARTS) is 1. The van der Waals surface area contributed by atoms with Gasteiger partial charge in [0.25, 0.3) is 11.2 Å². The monoisotopic (exact) mass is 593 g/mol. The molecule has 2 aliphatic rings. The number of nitrogens with one attached hydrogen (secondary N) is 3. The number of carbonyl (C=O) groups is 1. The molecule has 4 N–H and O–H groups in total. The van der Waals surface area contributed by atoms with Gasteiger partial charge in [-0.1, -0.05) is 54.1 Å². The summed E-state index contributed by atoms with van der Waals surface area (Å²) in [6, 6.07) is 17.4. The molecule has 5 rings (SSSR count). The first-order chi connectivity index (χ1) is 19.5. The second-order valence-electron chi connectivity index (χ2n) is 10.4. The molecular weight excluding hydrogens is 562 g/mol. The fraction of sp³-hybridized carbons (Fsp3) is 0.276. The van der Waals surface area contributed by atoms with Gasteiger partial charge in [-0.05, 0) is 80.0 Å². The van der Waals surface area contributed by atoms with E-state index in [0.29, 0.717) is 34.4 Å². The molecule has 214 valence electrons. The maximum atomic E-state index is 13.2. The molecule has 1 heterocycles. The number of hydrogen-bond donors (Lipinski definition) is 4. The van der Waals surface area contributed by atoms with Gasteiger partial charge < -0.3 is 15.7 Å². The van der Waals surface area contributed by atoms with E-state index in [1.54, 1.807) is 38.1 Å². The number of amidine groups is 2. The van der Waals surface area contributed by atoms with Crippen molar-refractivity contribution < 1.29 is 22.5 Å². The van der Waals surface area contributed by atoms with Crippen molar-refractivity contribution in [2.24, 2.45) is 8.80 Å². The van der Waals surface area contributed by atoms with Crippen LogP contribution in [0.15, 0.2) is 74.4 Å². The van der Waals surface area contributed by atoms with Crippen molar-refractivity contribution in [1.29, 1.82) is 0 Å². The topological polar surface area (TPSA) is 149 Å². The second-order valence-corrected chi connectivity index (χ2v) is 12.9. The van der Waals surface area contributed by atoms with E-state index in [1.165, 1.54) is 0 Å². The van der Waals surface area contributed by atoms with Crippen molar-refractivity contribution in [2.75, 3.05) is 5.32 Å². The average Bonchev–Trinajstić information content (AvgIpc) is 3.64. The molecule has 1 aliphatic heterocycles. The third-order valence-corrected chi connectivity index (χ3v) is 9.26. The van der Waals surface area contributed by atoms with Crippen LogP contribution in [-0.2, 0) is 32.4 Å². The lowest BCUT2D eigenvalue weighted by Gasteiger charge is -2.18. The zero-order valence-corrected chi connectivity index (χ0v) is 24.5. The molecular formula is C29H31N5O5S2. The van der Waals surface area contributed by atoms with Gasteiger partial charge in [-0.3, -0.25) is 4.79 Å². The Morgan fingerprint density at radius 3 is 2.27 bits per heavy atom. The number of aliphatic carboxylic acids is 1. The molecule has 1 aliphatic carbocycles. The molecule has 41 heavy (non-hydrogen) atoms. The fourth-order valence-corrected chi connectivity index (χ4v) is 7.13. The van der Waals surface area contributed by atoms with Crippen LogP contribution in [-0.4, -0.2) is 47.5 Å².